The first-order valence-electron chi connectivity index (χ1n) is 20.0. The minimum Gasteiger partial charge on any atom is -0.505 e. The van der Waals surface area contributed by atoms with Crippen LogP contribution in [0.25, 0.3) is 21.5 Å². The molecule has 7 aromatic rings. The second-order valence-corrected chi connectivity index (χ2v) is 17.8. The number of carbonyl (C=O) groups is 4. The van der Waals surface area contributed by atoms with Crippen molar-refractivity contribution in [2.75, 3.05) is 10.6 Å². The smallest absolute Gasteiger partial charge is 0.303 e. The number of benzene rings is 7. The molecule has 22 heteroatoms. The number of aromatic hydroxyl groups is 2. The number of rotatable bonds is 16. The van der Waals surface area contributed by atoms with Crippen molar-refractivity contribution in [3.63, 3.8) is 0 Å². The van der Waals surface area contributed by atoms with E-state index < -0.39 is 76.7 Å². The number of hydrogen-bond donors (Lipinski definition) is 8. The maximum absolute atomic E-state index is 13.3. The first-order valence-corrected chi connectivity index (χ1v) is 22.8. The van der Waals surface area contributed by atoms with Crippen molar-refractivity contribution in [2.24, 2.45) is 20.5 Å². The molecule has 0 heterocycles. The highest BCUT2D eigenvalue weighted by atomic mass is 32.2. The number of carbonyl (C=O) groups excluding carboxylic acids is 2. The molecule has 0 aromatic heterocycles. The highest BCUT2D eigenvalue weighted by Crippen LogP contribution is 2.43. The minimum atomic E-state index is -4.97. The van der Waals surface area contributed by atoms with E-state index >= 15 is 0 Å². The lowest BCUT2D eigenvalue weighted by atomic mass is 10.1. The predicted molar refractivity (Wildman–Crippen MR) is 246 cm³/mol. The van der Waals surface area contributed by atoms with Crippen molar-refractivity contribution in [3.05, 3.63) is 144 Å². The number of fused-ring (bicyclic) bond motifs is 2. The Kier molecular flexibility index (Phi) is 13.7. The van der Waals surface area contributed by atoms with Gasteiger partial charge in [-0.1, -0.05) is 24.3 Å². The zero-order valence-electron chi connectivity index (χ0n) is 34.9. The van der Waals surface area contributed by atoms with Crippen molar-refractivity contribution in [2.45, 2.75) is 35.5 Å². The first-order chi connectivity index (χ1) is 32.2. The van der Waals surface area contributed by atoms with E-state index in [-0.39, 0.29) is 81.1 Å². The van der Waals surface area contributed by atoms with Gasteiger partial charge in [0.1, 0.15) is 21.2 Å². The fourth-order valence-corrected chi connectivity index (χ4v) is 8.12. The summed E-state index contributed by atoms with van der Waals surface area (Å²) in [6, 6.07) is 28.4. The summed E-state index contributed by atoms with van der Waals surface area (Å²) in [5.74, 6) is -4.45. The van der Waals surface area contributed by atoms with Gasteiger partial charge in [-0.25, -0.2) is 0 Å². The Morgan fingerprint density at radius 1 is 0.471 bits per heavy atom. The summed E-state index contributed by atoms with van der Waals surface area (Å²) in [4.78, 5) is 46.7. The zero-order valence-corrected chi connectivity index (χ0v) is 36.6. The van der Waals surface area contributed by atoms with Crippen molar-refractivity contribution < 1.29 is 65.5 Å². The van der Waals surface area contributed by atoms with Crippen molar-refractivity contribution in [1.82, 2.24) is 0 Å². The summed E-state index contributed by atoms with van der Waals surface area (Å²) in [6.07, 6.45) is 0.387. The SMILES string of the molecule is O=C(O)CCc1ccc(N=Nc2c(S(=O)(=O)O)cc3cc(NC(=O)c4ccc(C(=O)Nc5ccc6c(O)c(N=Nc7ccc(CCC(=O)O)cc7)c(S(=O)(=O)O)cc6c5)cc4)ccc3c2O)cc1. The number of nitrogens with zero attached hydrogens (tertiary/aromatic N) is 4. The molecular formula is C46H36N6O14S2. The van der Waals surface area contributed by atoms with Gasteiger partial charge in [0.25, 0.3) is 32.1 Å². The molecule has 0 fully saturated rings. The summed E-state index contributed by atoms with van der Waals surface area (Å²) in [5.41, 5.74) is 1.36. The fraction of sp³-hybridized carbons (Fsp3) is 0.0870. The Morgan fingerprint density at radius 2 is 0.824 bits per heavy atom. The van der Waals surface area contributed by atoms with Gasteiger partial charge >= 0.3 is 11.9 Å². The van der Waals surface area contributed by atoms with Gasteiger partial charge in [0, 0.05) is 46.1 Å². The van der Waals surface area contributed by atoms with Gasteiger partial charge in [0.2, 0.25) is 0 Å². The van der Waals surface area contributed by atoms with Gasteiger partial charge in [-0.05, 0) is 132 Å². The molecule has 7 rings (SSSR count). The van der Waals surface area contributed by atoms with Crippen LogP contribution < -0.4 is 10.6 Å². The minimum absolute atomic E-state index is 0.0805. The number of azo groups is 2. The summed E-state index contributed by atoms with van der Waals surface area (Å²) < 4.78 is 69.7. The molecule has 8 N–H and O–H groups in total. The van der Waals surface area contributed by atoms with Crippen LogP contribution in [0, 0.1) is 0 Å². The van der Waals surface area contributed by atoms with Gasteiger partial charge in [0.05, 0.1) is 11.4 Å². The van der Waals surface area contributed by atoms with E-state index in [9.17, 15) is 55.3 Å². The molecule has 2 amide bonds. The van der Waals surface area contributed by atoms with Crippen LogP contribution >= 0.6 is 0 Å². The third kappa shape index (κ3) is 11.3. The van der Waals surface area contributed by atoms with E-state index in [2.05, 4.69) is 31.1 Å². The maximum Gasteiger partial charge on any atom is 0.303 e. The van der Waals surface area contributed by atoms with Crippen LogP contribution in [0.3, 0.4) is 0 Å². The molecule has 20 nitrogen and oxygen atoms in total. The largest absolute Gasteiger partial charge is 0.505 e. The van der Waals surface area contributed by atoms with E-state index in [0.717, 1.165) is 12.1 Å². The molecule has 7 aromatic carbocycles. The number of hydrogen-bond acceptors (Lipinski definition) is 14. The van der Waals surface area contributed by atoms with Crippen LogP contribution in [0.2, 0.25) is 0 Å². The fourth-order valence-electron chi connectivity index (χ4n) is 6.80. The van der Waals surface area contributed by atoms with Crippen LogP contribution in [0.15, 0.2) is 152 Å². The molecule has 0 saturated carbocycles. The van der Waals surface area contributed by atoms with E-state index in [1.807, 2.05) is 0 Å². The van der Waals surface area contributed by atoms with Gasteiger partial charge in [-0.15, -0.1) is 10.2 Å². The molecule has 68 heavy (non-hydrogen) atoms. The zero-order chi connectivity index (χ0) is 48.9. The number of amides is 2. The first kappa shape index (κ1) is 47.5. The van der Waals surface area contributed by atoms with Crippen LogP contribution in [-0.2, 0) is 42.7 Å². The number of carboxylic acids is 2. The van der Waals surface area contributed by atoms with Crippen LogP contribution in [0.4, 0.5) is 34.1 Å². The monoisotopic (exact) mass is 960 g/mol. The number of nitrogens with one attached hydrogen (secondary N) is 2. The molecule has 0 saturated heterocycles. The maximum atomic E-state index is 13.3. The summed E-state index contributed by atoms with van der Waals surface area (Å²) in [7, 11) is -9.93. The van der Waals surface area contributed by atoms with E-state index in [0.29, 0.717) is 11.1 Å². The lowest BCUT2D eigenvalue weighted by molar-refractivity contribution is -0.138. The van der Waals surface area contributed by atoms with E-state index in [1.165, 1.54) is 84.9 Å². The quantitative estimate of drug-likeness (QED) is 0.0330. The predicted octanol–water partition coefficient (Wildman–Crippen LogP) is 9.27. The van der Waals surface area contributed by atoms with Gasteiger partial charge in [-0.3, -0.25) is 28.3 Å². The van der Waals surface area contributed by atoms with Crippen molar-refractivity contribution >= 4 is 99.7 Å². The number of phenolic OH excluding ortho intramolecular Hbond substituents is 2. The van der Waals surface area contributed by atoms with E-state index in [4.69, 9.17) is 10.2 Å². The third-order valence-electron chi connectivity index (χ3n) is 10.2. The molecule has 0 spiro atoms. The van der Waals surface area contributed by atoms with Gasteiger partial charge in [0.15, 0.2) is 11.5 Å². The normalized spacial score (nSPS) is 11.9. The summed E-state index contributed by atoms with van der Waals surface area (Å²) in [6.45, 7) is 0. The average Bonchev–Trinajstić information content (AvgIpc) is 3.29. The Morgan fingerprint density at radius 3 is 1.15 bits per heavy atom. The van der Waals surface area contributed by atoms with Gasteiger partial charge < -0.3 is 31.1 Å². The number of carboxylic acid groups (broad SMARTS) is 2. The van der Waals surface area contributed by atoms with Gasteiger partial charge in [-0.2, -0.15) is 27.1 Å². The van der Waals surface area contributed by atoms with Crippen molar-refractivity contribution in [1.29, 1.82) is 0 Å². The Hall–Kier alpha value is -8.44. The molecule has 0 aliphatic carbocycles. The van der Waals surface area contributed by atoms with Crippen LogP contribution in [0.5, 0.6) is 11.5 Å². The topological polar surface area (TPSA) is 331 Å². The second kappa shape index (κ2) is 19.6. The highest BCUT2D eigenvalue weighted by molar-refractivity contribution is 7.86. The molecule has 0 radical (unpaired) electrons. The number of anilines is 2. The lowest BCUT2D eigenvalue weighted by Crippen LogP contribution is -2.14. The third-order valence-corrected chi connectivity index (χ3v) is 12.0. The molecule has 0 atom stereocenters. The number of aryl methyl sites for hydroxylation is 2. The number of aliphatic carboxylic acids is 2. The van der Waals surface area contributed by atoms with E-state index in [1.54, 1.807) is 24.3 Å². The summed E-state index contributed by atoms with van der Waals surface area (Å²) in [5, 5.41) is 61.4. The lowest BCUT2D eigenvalue weighted by Gasteiger charge is -2.12. The standard InChI is InChI=1S/C46H36N6O14S2/c53-39(54)19-5-25-1-11-31(12-2-25)49-51-41-37(67(61,62)63)23-29-21-33(15-17-35(29)43(41)57)47-45(59)27-7-9-28(10-8-27)46(60)48-34-16-18-36-30(22-34)24-38(68(64,65)66)42(44(36)58)52-50-32-13-3-26(4-14-32)6-20-40(55)56/h1-4,7-18,21-24,57-58H,5-6,19-20H2,(H,47,59)(H,48,60)(H,53,54)(H,55,56)(H,61,62,63)(H,64,65,66). The Balaban J connectivity index is 1.04. The average molecular weight is 961 g/mol. The molecule has 0 bridgehead atoms. The molecule has 0 unspecified atom stereocenters. The Labute approximate surface area is 385 Å². The second-order valence-electron chi connectivity index (χ2n) is 15.0. The molecule has 0 aliphatic heterocycles. The molecular weight excluding hydrogens is 925 g/mol. The highest BCUT2D eigenvalue weighted by Gasteiger charge is 2.24. The molecule has 0 aliphatic rings. The van der Waals surface area contributed by atoms with Crippen molar-refractivity contribution in [3.8, 4) is 11.5 Å². The number of phenols is 2. The Bertz CT molecular complexity index is 3230. The summed E-state index contributed by atoms with van der Waals surface area (Å²) >= 11 is 0. The molecule has 346 valence electrons. The van der Waals surface area contributed by atoms with Crippen LogP contribution in [-0.4, -0.2) is 70.1 Å². The van der Waals surface area contributed by atoms with Crippen LogP contribution in [0.1, 0.15) is 44.7 Å².